The number of amidine groups is 1. The maximum absolute atomic E-state index is 7.33. The van der Waals surface area contributed by atoms with Gasteiger partial charge in [0.15, 0.2) is 0 Å². The smallest absolute Gasteiger partial charge is 0.122 e. The van der Waals surface area contributed by atoms with Gasteiger partial charge in [-0.15, -0.1) is 0 Å². The minimum absolute atomic E-state index is 0.0976. The fourth-order valence-corrected chi connectivity index (χ4v) is 1.77. The quantitative estimate of drug-likeness (QED) is 0.567. The lowest BCUT2D eigenvalue weighted by Crippen LogP contribution is -2.10. The van der Waals surface area contributed by atoms with E-state index in [1.54, 1.807) is 0 Å². The van der Waals surface area contributed by atoms with E-state index in [0.29, 0.717) is 0 Å². The number of aryl methyl sites for hydroxylation is 1. The topological polar surface area (TPSA) is 61.9 Å². The van der Waals surface area contributed by atoms with Gasteiger partial charge in [0.05, 0.1) is 0 Å². The van der Waals surface area contributed by atoms with Crippen LogP contribution in [0.1, 0.15) is 16.7 Å². The van der Waals surface area contributed by atoms with Crippen LogP contribution in [0.3, 0.4) is 0 Å². The summed E-state index contributed by atoms with van der Waals surface area (Å²) in [6.45, 7) is 2.90. The number of hydrogen-bond donors (Lipinski definition) is 3. The van der Waals surface area contributed by atoms with E-state index in [-0.39, 0.29) is 5.84 Å². The van der Waals surface area contributed by atoms with E-state index in [1.807, 2.05) is 36.4 Å². The van der Waals surface area contributed by atoms with Gasteiger partial charge in [0.2, 0.25) is 0 Å². The Labute approximate surface area is 107 Å². The number of hydrogen-bond acceptors (Lipinski definition) is 2. The Hall–Kier alpha value is -2.29. The predicted octanol–water partition coefficient (Wildman–Crippen LogP) is 2.89. The third kappa shape index (κ3) is 2.88. The molecule has 2 rings (SSSR count). The molecule has 3 nitrogen and oxygen atoms in total. The highest BCUT2D eigenvalue weighted by atomic mass is 14.9. The molecule has 0 saturated carbocycles. The van der Waals surface area contributed by atoms with Crippen LogP contribution in [0.5, 0.6) is 0 Å². The van der Waals surface area contributed by atoms with Crippen molar-refractivity contribution in [3.8, 4) is 0 Å². The summed E-state index contributed by atoms with van der Waals surface area (Å²) in [6, 6.07) is 15.9. The summed E-state index contributed by atoms with van der Waals surface area (Å²) < 4.78 is 0. The van der Waals surface area contributed by atoms with Crippen LogP contribution in [0.2, 0.25) is 0 Å². The molecule has 0 atom stereocenters. The maximum Gasteiger partial charge on any atom is 0.122 e. The average Bonchev–Trinajstić information content (AvgIpc) is 2.38. The van der Waals surface area contributed by atoms with Crippen LogP contribution >= 0.6 is 0 Å². The standard InChI is InChI=1S/C15H17N3/c1-11-4-2-3-5-13(11)10-18-14-8-6-12(7-9-14)15(16)17/h2-9,18H,10H2,1H3,(H3,16,17). The highest BCUT2D eigenvalue weighted by Crippen LogP contribution is 2.13. The van der Waals surface area contributed by atoms with Crippen molar-refractivity contribution in [2.24, 2.45) is 5.73 Å². The van der Waals surface area contributed by atoms with Crippen LogP contribution in [0, 0.1) is 12.3 Å². The summed E-state index contributed by atoms with van der Waals surface area (Å²) in [5, 5.41) is 10.7. The monoisotopic (exact) mass is 239 g/mol. The molecule has 0 saturated heterocycles. The zero-order valence-electron chi connectivity index (χ0n) is 10.4. The van der Waals surface area contributed by atoms with Gasteiger partial charge >= 0.3 is 0 Å². The highest BCUT2D eigenvalue weighted by Gasteiger charge is 1.99. The first-order valence-corrected chi connectivity index (χ1v) is 5.89. The van der Waals surface area contributed by atoms with Gasteiger partial charge in [0.1, 0.15) is 5.84 Å². The van der Waals surface area contributed by atoms with Crippen molar-refractivity contribution in [3.05, 3.63) is 65.2 Å². The van der Waals surface area contributed by atoms with Crippen molar-refractivity contribution in [3.63, 3.8) is 0 Å². The van der Waals surface area contributed by atoms with Crippen molar-refractivity contribution >= 4 is 11.5 Å². The second kappa shape index (κ2) is 5.36. The number of nitrogens with two attached hydrogens (primary N) is 1. The van der Waals surface area contributed by atoms with Gasteiger partial charge in [-0.25, -0.2) is 0 Å². The summed E-state index contributed by atoms with van der Waals surface area (Å²) in [5.41, 5.74) is 9.76. The van der Waals surface area contributed by atoms with Crippen molar-refractivity contribution in [2.75, 3.05) is 5.32 Å². The van der Waals surface area contributed by atoms with Gasteiger partial charge in [-0.05, 0) is 42.3 Å². The zero-order chi connectivity index (χ0) is 13.0. The van der Waals surface area contributed by atoms with E-state index in [2.05, 4.69) is 24.4 Å². The molecular weight excluding hydrogens is 222 g/mol. The van der Waals surface area contributed by atoms with Crippen molar-refractivity contribution in [1.82, 2.24) is 0 Å². The summed E-state index contributed by atoms with van der Waals surface area (Å²) in [4.78, 5) is 0. The number of rotatable bonds is 4. The number of benzene rings is 2. The first kappa shape index (κ1) is 12.2. The number of anilines is 1. The van der Waals surface area contributed by atoms with Gasteiger partial charge in [0.25, 0.3) is 0 Å². The summed E-state index contributed by atoms with van der Waals surface area (Å²) in [7, 11) is 0. The largest absolute Gasteiger partial charge is 0.384 e. The lowest BCUT2D eigenvalue weighted by molar-refractivity contribution is 1.12. The molecule has 0 fully saturated rings. The molecule has 0 aliphatic heterocycles. The van der Waals surface area contributed by atoms with Crippen LogP contribution in [0.4, 0.5) is 5.69 Å². The fraction of sp³-hybridized carbons (Fsp3) is 0.133. The Kier molecular flexibility index (Phi) is 3.63. The summed E-state index contributed by atoms with van der Waals surface area (Å²) in [5.74, 6) is 0.0976. The molecule has 4 N–H and O–H groups in total. The van der Waals surface area contributed by atoms with E-state index < -0.39 is 0 Å². The Morgan fingerprint density at radius 3 is 2.39 bits per heavy atom. The van der Waals surface area contributed by atoms with Gasteiger partial charge in [-0.2, -0.15) is 0 Å². The molecule has 2 aromatic rings. The minimum Gasteiger partial charge on any atom is -0.384 e. The molecule has 0 spiro atoms. The first-order valence-electron chi connectivity index (χ1n) is 5.89. The molecule has 18 heavy (non-hydrogen) atoms. The van der Waals surface area contributed by atoms with Crippen molar-refractivity contribution in [1.29, 1.82) is 5.41 Å². The van der Waals surface area contributed by atoms with Gasteiger partial charge in [-0.1, -0.05) is 24.3 Å². The predicted molar refractivity (Wildman–Crippen MR) is 76.0 cm³/mol. The molecule has 3 heteroatoms. The highest BCUT2D eigenvalue weighted by molar-refractivity contribution is 5.95. The van der Waals surface area contributed by atoms with E-state index >= 15 is 0 Å². The van der Waals surface area contributed by atoms with E-state index in [9.17, 15) is 0 Å². The number of nitrogen functional groups attached to an aromatic ring is 1. The minimum atomic E-state index is 0.0976. The Balaban J connectivity index is 2.02. The summed E-state index contributed by atoms with van der Waals surface area (Å²) in [6.07, 6.45) is 0. The molecule has 0 bridgehead atoms. The molecule has 92 valence electrons. The second-order valence-electron chi connectivity index (χ2n) is 4.27. The van der Waals surface area contributed by atoms with Crippen LogP contribution in [0.25, 0.3) is 0 Å². The van der Waals surface area contributed by atoms with Crippen LogP contribution in [0.15, 0.2) is 48.5 Å². The van der Waals surface area contributed by atoms with Crippen LogP contribution < -0.4 is 11.1 Å². The third-order valence-corrected chi connectivity index (χ3v) is 2.94. The molecule has 0 amide bonds. The van der Waals surface area contributed by atoms with Crippen molar-refractivity contribution < 1.29 is 0 Å². The van der Waals surface area contributed by atoms with Gasteiger partial charge in [0, 0.05) is 17.8 Å². The van der Waals surface area contributed by atoms with Gasteiger partial charge in [-0.3, -0.25) is 5.41 Å². The molecule has 0 aromatic heterocycles. The lowest BCUT2D eigenvalue weighted by Gasteiger charge is -2.09. The zero-order valence-corrected chi connectivity index (χ0v) is 10.4. The van der Waals surface area contributed by atoms with Gasteiger partial charge < -0.3 is 11.1 Å². The lowest BCUT2D eigenvalue weighted by atomic mass is 10.1. The molecule has 0 radical (unpaired) electrons. The normalized spacial score (nSPS) is 10.1. The summed E-state index contributed by atoms with van der Waals surface area (Å²) >= 11 is 0. The number of nitrogens with one attached hydrogen (secondary N) is 2. The first-order chi connectivity index (χ1) is 8.66. The average molecular weight is 239 g/mol. The van der Waals surface area contributed by atoms with Crippen LogP contribution in [-0.2, 0) is 6.54 Å². The third-order valence-electron chi connectivity index (χ3n) is 2.94. The Bertz CT molecular complexity index is 544. The molecule has 0 heterocycles. The second-order valence-corrected chi connectivity index (χ2v) is 4.27. The maximum atomic E-state index is 7.33. The molecule has 0 aliphatic rings. The Morgan fingerprint density at radius 1 is 1.11 bits per heavy atom. The molecule has 0 aliphatic carbocycles. The van der Waals surface area contributed by atoms with E-state index in [1.165, 1.54) is 11.1 Å². The molecular formula is C15H17N3. The van der Waals surface area contributed by atoms with Crippen LogP contribution in [-0.4, -0.2) is 5.84 Å². The Morgan fingerprint density at radius 2 is 1.78 bits per heavy atom. The van der Waals surface area contributed by atoms with E-state index in [4.69, 9.17) is 11.1 Å². The SMILES string of the molecule is Cc1ccccc1CNc1ccc(C(=N)N)cc1. The molecule has 2 aromatic carbocycles. The van der Waals surface area contributed by atoms with E-state index in [0.717, 1.165) is 17.8 Å². The fourth-order valence-electron chi connectivity index (χ4n) is 1.77. The van der Waals surface area contributed by atoms with Crippen molar-refractivity contribution in [2.45, 2.75) is 13.5 Å². The molecule has 0 unspecified atom stereocenters.